The van der Waals surface area contributed by atoms with Crippen molar-refractivity contribution >= 4 is 27.5 Å². The summed E-state index contributed by atoms with van der Waals surface area (Å²) < 4.78 is 0.938. The van der Waals surface area contributed by atoms with E-state index in [9.17, 15) is 4.79 Å². The highest BCUT2D eigenvalue weighted by molar-refractivity contribution is 9.10. The highest BCUT2D eigenvalue weighted by atomic mass is 79.9. The Balaban J connectivity index is 2.29. The molecule has 0 spiro atoms. The van der Waals surface area contributed by atoms with Crippen LogP contribution in [0, 0.1) is 6.92 Å². The zero-order chi connectivity index (χ0) is 13.1. The summed E-state index contributed by atoms with van der Waals surface area (Å²) in [5.41, 5.74) is 2.54. The number of carbonyl (C=O) groups is 1. The molecule has 2 rings (SSSR count). The van der Waals surface area contributed by atoms with Crippen LogP contribution in [0.1, 0.15) is 15.9 Å². The van der Waals surface area contributed by atoms with Gasteiger partial charge in [0.2, 0.25) is 0 Å². The van der Waals surface area contributed by atoms with Gasteiger partial charge in [0.15, 0.2) is 0 Å². The Hall–Kier alpha value is -1.68. The molecular weight excluding hydrogens is 292 g/mol. The van der Waals surface area contributed by atoms with Crippen molar-refractivity contribution in [2.24, 2.45) is 0 Å². The second-order valence-corrected chi connectivity index (χ2v) is 4.89. The number of hydrogen-bond acceptors (Lipinski definition) is 2. The summed E-state index contributed by atoms with van der Waals surface area (Å²) in [6, 6.07) is 9.26. The van der Waals surface area contributed by atoms with Crippen molar-refractivity contribution in [3.63, 3.8) is 0 Å². The van der Waals surface area contributed by atoms with Crippen LogP contribution in [0.2, 0.25) is 0 Å². The van der Waals surface area contributed by atoms with Gasteiger partial charge in [0.25, 0.3) is 5.91 Å². The maximum Gasteiger partial charge on any atom is 0.258 e. The van der Waals surface area contributed by atoms with E-state index in [0.29, 0.717) is 5.56 Å². The molecule has 0 bridgehead atoms. The van der Waals surface area contributed by atoms with Gasteiger partial charge in [-0.15, -0.1) is 0 Å². The summed E-state index contributed by atoms with van der Waals surface area (Å²) in [5, 5.41) is 0. The smallest absolute Gasteiger partial charge is 0.258 e. The molecule has 0 fully saturated rings. The van der Waals surface area contributed by atoms with E-state index in [1.165, 1.54) is 0 Å². The van der Waals surface area contributed by atoms with Crippen LogP contribution in [-0.4, -0.2) is 17.9 Å². The Morgan fingerprint density at radius 1 is 1.33 bits per heavy atom. The number of anilines is 1. The third-order valence-corrected chi connectivity index (χ3v) is 3.61. The zero-order valence-electron chi connectivity index (χ0n) is 10.2. The van der Waals surface area contributed by atoms with Crippen LogP contribution in [0.5, 0.6) is 0 Å². The fourth-order valence-electron chi connectivity index (χ4n) is 1.59. The molecule has 0 atom stereocenters. The summed E-state index contributed by atoms with van der Waals surface area (Å²) in [4.78, 5) is 17.9. The zero-order valence-corrected chi connectivity index (χ0v) is 11.8. The number of benzene rings is 1. The Morgan fingerprint density at radius 2 is 2.11 bits per heavy atom. The normalized spacial score (nSPS) is 10.2. The molecule has 0 aliphatic heterocycles. The van der Waals surface area contributed by atoms with Gasteiger partial charge in [-0.3, -0.25) is 9.78 Å². The molecule has 2 aromatic rings. The molecule has 18 heavy (non-hydrogen) atoms. The van der Waals surface area contributed by atoms with Gasteiger partial charge >= 0.3 is 0 Å². The first-order chi connectivity index (χ1) is 8.59. The molecule has 3 nitrogen and oxygen atoms in total. The van der Waals surface area contributed by atoms with Crippen LogP contribution in [0.25, 0.3) is 0 Å². The molecule has 0 saturated heterocycles. The van der Waals surface area contributed by atoms with Gasteiger partial charge in [0.1, 0.15) is 0 Å². The van der Waals surface area contributed by atoms with E-state index >= 15 is 0 Å². The van der Waals surface area contributed by atoms with Crippen LogP contribution >= 0.6 is 15.9 Å². The highest BCUT2D eigenvalue weighted by Gasteiger charge is 2.14. The second kappa shape index (κ2) is 5.31. The number of pyridine rings is 1. The van der Waals surface area contributed by atoms with E-state index in [1.807, 2.05) is 37.3 Å². The third kappa shape index (κ3) is 2.59. The summed E-state index contributed by atoms with van der Waals surface area (Å²) in [5.74, 6) is -0.0521. The molecule has 1 amide bonds. The van der Waals surface area contributed by atoms with Crippen LogP contribution in [0.3, 0.4) is 0 Å². The highest BCUT2D eigenvalue weighted by Crippen LogP contribution is 2.20. The number of amides is 1. The van der Waals surface area contributed by atoms with Crippen molar-refractivity contribution in [1.82, 2.24) is 4.98 Å². The first-order valence-corrected chi connectivity index (χ1v) is 6.33. The van der Waals surface area contributed by atoms with Gasteiger partial charge < -0.3 is 4.90 Å². The molecule has 1 aromatic carbocycles. The minimum absolute atomic E-state index is 0.0521. The minimum Gasteiger partial charge on any atom is -0.310 e. The standard InChI is InChI=1S/C14H13BrN2O/c1-10-5-6-11(8-13(10)15)14(18)17(2)12-4-3-7-16-9-12/h3-9H,1-2H3. The van der Waals surface area contributed by atoms with E-state index in [-0.39, 0.29) is 5.91 Å². The number of nitrogens with zero attached hydrogens (tertiary/aromatic N) is 2. The molecule has 0 radical (unpaired) electrons. The average Bonchev–Trinajstić information content (AvgIpc) is 2.41. The first-order valence-electron chi connectivity index (χ1n) is 5.54. The number of aryl methyl sites for hydroxylation is 1. The predicted octanol–water partition coefficient (Wildman–Crippen LogP) is 3.43. The second-order valence-electron chi connectivity index (χ2n) is 4.04. The van der Waals surface area contributed by atoms with Crippen LogP contribution in [-0.2, 0) is 0 Å². The fraction of sp³-hybridized carbons (Fsp3) is 0.143. The largest absolute Gasteiger partial charge is 0.310 e. The molecule has 1 aromatic heterocycles. The maximum absolute atomic E-state index is 12.3. The lowest BCUT2D eigenvalue weighted by Crippen LogP contribution is -2.26. The van der Waals surface area contributed by atoms with Gasteiger partial charge in [0.05, 0.1) is 11.9 Å². The molecule has 0 unspecified atom stereocenters. The Kier molecular flexibility index (Phi) is 3.77. The molecule has 0 aliphatic rings. The van der Waals surface area contributed by atoms with E-state index in [0.717, 1.165) is 15.7 Å². The topological polar surface area (TPSA) is 33.2 Å². The van der Waals surface area contributed by atoms with Crippen LogP contribution < -0.4 is 4.90 Å². The number of rotatable bonds is 2. The van der Waals surface area contributed by atoms with E-state index in [1.54, 1.807) is 24.3 Å². The summed E-state index contributed by atoms with van der Waals surface area (Å²) in [6.45, 7) is 1.99. The van der Waals surface area contributed by atoms with E-state index < -0.39 is 0 Å². The first kappa shape index (κ1) is 12.8. The van der Waals surface area contributed by atoms with Gasteiger partial charge in [-0.2, -0.15) is 0 Å². The molecule has 0 N–H and O–H groups in total. The molecular formula is C14H13BrN2O. The Labute approximate surface area is 115 Å². The van der Waals surface area contributed by atoms with Gasteiger partial charge in [0, 0.05) is 23.3 Å². The van der Waals surface area contributed by atoms with E-state index in [2.05, 4.69) is 20.9 Å². The SMILES string of the molecule is Cc1ccc(C(=O)N(C)c2cccnc2)cc1Br. The quantitative estimate of drug-likeness (QED) is 0.851. The Morgan fingerprint density at radius 3 is 2.72 bits per heavy atom. The van der Waals surface area contributed by atoms with Crippen molar-refractivity contribution in [1.29, 1.82) is 0 Å². The molecule has 0 saturated carbocycles. The number of halogens is 1. The molecule has 4 heteroatoms. The summed E-state index contributed by atoms with van der Waals surface area (Å²) >= 11 is 3.44. The van der Waals surface area contributed by atoms with Crippen molar-refractivity contribution in [3.8, 4) is 0 Å². The van der Waals surface area contributed by atoms with Crippen molar-refractivity contribution < 1.29 is 4.79 Å². The summed E-state index contributed by atoms with van der Waals surface area (Å²) in [6.07, 6.45) is 3.35. The van der Waals surface area contributed by atoms with Crippen molar-refractivity contribution in [2.45, 2.75) is 6.92 Å². The van der Waals surface area contributed by atoms with Crippen molar-refractivity contribution in [3.05, 3.63) is 58.3 Å². The number of carbonyl (C=O) groups excluding carboxylic acids is 1. The summed E-state index contributed by atoms with van der Waals surface area (Å²) in [7, 11) is 1.74. The average molecular weight is 305 g/mol. The molecule has 1 heterocycles. The van der Waals surface area contributed by atoms with E-state index in [4.69, 9.17) is 0 Å². The van der Waals surface area contributed by atoms with Gasteiger partial charge in [-0.1, -0.05) is 22.0 Å². The lowest BCUT2D eigenvalue weighted by molar-refractivity contribution is 0.0993. The lowest BCUT2D eigenvalue weighted by Gasteiger charge is -2.17. The number of aromatic nitrogens is 1. The van der Waals surface area contributed by atoms with Crippen LogP contribution in [0.4, 0.5) is 5.69 Å². The minimum atomic E-state index is -0.0521. The number of hydrogen-bond donors (Lipinski definition) is 0. The maximum atomic E-state index is 12.3. The van der Waals surface area contributed by atoms with Crippen LogP contribution in [0.15, 0.2) is 47.2 Å². The lowest BCUT2D eigenvalue weighted by atomic mass is 10.1. The molecule has 92 valence electrons. The fourth-order valence-corrected chi connectivity index (χ4v) is 1.97. The third-order valence-electron chi connectivity index (χ3n) is 2.76. The van der Waals surface area contributed by atoms with Gasteiger partial charge in [-0.25, -0.2) is 0 Å². The monoisotopic (exact) mass is 304 g/mol. The predicted molar refractivity (Wildman–Crippen MR) is 75.8 cm³/mol. The van der Waals surface area contributed by atoms with Gasteiger partial charge in [-0.05, 0) is 36.8 Å². The molecule has 0 aliphatic carbocycles. The van der Waals surface area contributed by atoms with Crippen molar-refractivity contribution in [2.75, 3.05) is 11.9 Å². The Bertz CT molecular complexity index is 569.